The fraction of sp³-hybridized carbons (Fsp3) is 0.333. The minimum atomic E-state index is -0.388. The number of nitrogens with one attached hydrogen (secondary N) is 3. The van der Waals surface area contributed by atoms with Gasteiger partial charge in [-0.1, -0.05) is 0 Å². The van der Waals surface area contributed by atoms with Gasteiger partial charge in [0.05, 0.1) is 0 Å². The van der Waals surface area contributed by atoms with Crippen molar-refractivity contribution in [3.63, 3.8) is 0 Å². The maximum absolute atomic E-state index is 12.2. The van der Waals surface area contributed by atoms with Crippen LogP contribution in [0.25, 0.3) is 0 Å². The highest BCUT2D eigenvalue weighted by atomic mass is 16.5. The van der Waals surface area contributed by atoms with E-state index in [9.17, 15) is 19.2 Å². The number of amides is 3. The van der Waals surface area contributed by atoms with Crippen LogP contribution in [0.1, 0.15) is 40.5 Å². The molecule has 0 radical (unpaired) electrons. The molecule has 3 N–H and O–H groups in total. The van der Waals surface area contributed by atoms with Gasteiger partial charge in [-0.3, -0.25) is 19.2 Å². The summed E-state index contributed by atoms with van der Waals surface area (Å²) in [7, 11) is 0. The maximum Gasteiger partial charge on any atom is 0.262 e. The van der Waals surface area contributed by atoms with Crippen molar-refractivity contribution >= 4 is 29.2 Å². The van der Waals surface area contributed by atoms with E-state index in [-0.39, 0.29) is 36.2 Å². The number of carbonyl (C=O) groups is 4. The van der Waals surface area contributed by atoms with Gasteiger partial charge in [-0.15, -0.1) is 0 Å². The molecule has 1 aliphatic heterocycles. The second-order valence-corrected chi connectivity index (χ2v) is 7.54. The zero-order chi connectivity index (χ0) is 23.6. The molecule has 0 aliphatic carbocycles. The van der Waals surface area contributed by atoms with Gasteiger partial charge in [-0.25, -0.2) is 0 Å². The predicted molar refractivity (Wildman–Crippen MR) is 121 cm³/mol. The molecule has 0 spiro atoms. The summed E-state index contributed by atoms with van der Waals surface area (Å²) in [6.45, 7) is 2.50. The largest absolute Gasteiger partial charge is 0.484 e. The fourth-order valence-electron chi connectivity index (χ4n) is 3.20. The predicted octanol–water partition coefficient (Wildman–Crippen LogP) is 1.93. The standard InChI is InChI=1S/C24H27N3O6/c1-16(28)17-6-10-20(11-7-17)33-15-22(29)27-19-8-4-18(5-9-19)23(30)25-12-13-26-24(31)21-3-2-14-32-21/h4-11,21H,2-3,12-15H2,1H3,(H,25,30)(H,26,31)(H,27,29). The van der Waals surface area contributed by atoms with E-state index in [4.69, 9.17) is 9.47 Å². The van der Waals surface area contributed by atoms with Crippen LogP contribution in [0, 0.1) is 0 Å². The number of ether oxygens (including phenoxy) is 2. The summed E-state index contributed by atoms with van der Waals surface area (Å²) in [5, 5.41) is 8.16. The molecule has 1 heterocycles. The molecule has 0 bridgehead atoms. The van der Waals surface area contributed by atoms with Crippen LogP contribution >= 0.6 is 0 Å². The van der Waals surface area contributed by atoms with Gasteiger partial charge in [0.2, 0.25) is 5.91 Å². The lowest BCUT2D eigenvalue weighted by atomic mass is 10.1. The van der Waals surface area contributed by atoms with Crippen molar-refractivity contribution in [2.45, 2.75) is 25.9 Å². The van der Waals surface area contributed by atoms with Crippen LogP contribution in [-0.2, 0) is 14.3 Å². The molecule has 9 heteroatoms. The number of benzene rings is 2. The van der Waals surface area contributed by atoms with Crippen molar-refractivity contribution in [3.05, 3.63) is 59.7 Å². The Morgan fingerprint density at radius 1 is 0.939 bits per heavy atom. The average Bonchev–Trinajstić information content (AvgIpc) is 3.36. The van der Waals surface area contributed by atoms with E-state index in [1.165, 1.54) is 6.92 Å². The van der Waals surface area contributed by atoms with Gasteiger partial charge < -0.3 is 25.4 Å². The van der Waals surface area contributed by atoms with Gasteiger partial charge in [0.15, 0.2) is 12.4 Å². The molecule has 9 nitrogen and oxygen atoms in total. The first-order chi connectivity index (χ1) is 15.9. The Kier molecular flexibility index (Phi) is 8.54. The summed E-state index contributed by atoms with van der Waals surface area (Å²) in [5.41, 5.74) is 1.52. The SMILES string of the molecule is CC(=O)c1ccc(OCC(=O)Nc2ccc(C(=O)NCCNC(=O)C3CCCO3)cc2)cc1. The molecule has 1 unspecified atom stereocenters. The van der Waals surface area contributed by atoms with Gasteiger partial charge in [0, 0.05) is 36.5 Å². The quantitative estimate of drug-likeness (QED) is 0.373. The highest BCUT2D eigenvalue weighted by Crippen LogP contribution is 2.14. The molecule has 0 saturated carbocycles. The summed E-state index contributed by atoms with van der Waals surface area (Å²) < 4.78 is 10.7. The van der Waals surface area contributed by atoms with Crippen LogP contribution in [0.4, 0.5) is 5.69 Å². The third kappa shape index (κ3) is 7.43. The molecule has 0 aromatic heterocycles. The second-order valence-electron chi connectivity index (χ2n) is 7.54. The smallest absolute Gasteiger partial charge is 0.262 e. The molecular formula is C24H27N3O6. The second kappa shape index (κ2) is 11.8. The molecule has 1 aliphatic rings. The third-order valence-corrected chi connectivity index (χ3v) is 4.99. The number of carbonyl (C=O) groups excluding carboxylic acids is 4. The van der Waals surface area contributed by atoms with Crippen LogP contribution < -0.4 is 20.7 Å². The van der Waals surface area contributed by atoms with Crippen molar-refractivity contribution in [2.75, 3.05) is 31.6 Å². The first-order valence-electron chi connectivity index (χ1n) is 10.7. The summed E-state index contributed by atoms with van der Waals surface area (Å²) in [6, 6.07) is 13.0. The molecule has 2 aromatic carbocycles. The van der Waals surface area contributed by atoms with Crippen molar-refractivity contribution in [3.8, 4) is 5.75 Å². The zero-order valence-electron chi connectivity index (χ0n) is 18.4. The highest BCUT2D eigenvalue weighted by Gasteiger charge is 2.22. The third-order valence-electron chi connectivity index (χ3n) is 4.99. The molecular weight excluding hydrogens is 426 g/mol. The molecule has 1 saturated heterocycles. The van der Waals surface area contributed by atoms with Crippen LogP contribution in [0.5, 0.6) is 5.75 Å². The van der Waals surface area contributed by atoms with Crippen molar-refractivity contribution in [1.29, 1.82) is 0 Å². The number of hydrogen-bond acceptors (Lipinski definition) is 6. The van der Waals surface area contributed by atoms with Crippen LogP contribution in [0.3, 0.4) is 0 Å². The normalized spacial score (nSPS) is 14.9. The zero-order valence-corrected chi connectivity index (χ0v) is 18.4. The summed E-state index contributed by atoms with van der Waals surface area (Å²) in [4.78, 5) is 47.4. The van der Waals surface area contributed by atoms with Gasteiger partial charge in [-0.05, 0) is 68.3 Å². The lowest BCUT2D eigenvalue weighted by Gasteiger charge is -2.11. The highest BCUT2D eigenvalue weighted by molar-refractivity contribution is 5.96. The number of ketones is 1. The van der Waals surface area contributed by atoms with Gasteiger partial charge in [0.1, 0.15) is 11.9 Å². The van der Waals surface area contributed by atoms with E-state index >= 15 is 0 Å². The molecule has 3 rings (SSSR count). The Balaban J connectivity index is 1.37. The average molecular weight is 453 g/mol. The van der Waals surface area contributed by atoms with Crippen molar-refractivity contribution < 1.29 is 28.7 Å². The Bertz CT molecular complexity index is 982. The molecule has 2 aromatic rings. The Hall–Kier alpha value is -3.72. The first-order valence-corrected chi connectivity index (χ1v) is 10.7. The van der Waals surface area contributed by atoms with Crippen molar-refractivity contribution in [1.82, 2.24) is 10.6 Å². The van der Waals surface area contributed by atoms with Crippen molar-refractivity contribution in [2.24, 2.45) is 0 Å². The lowest BCUT2D eigenvalue weighted by Crippen LogP contribution is -2.39. The lowest BCUT2D eigenvalue weighted by molar-refractivity contribution is -0.130. The number of hydrogen-bond donors (Lipinski definition) is 3. The van der Waals surface area contributed by atoms with Gasteiger partial charge >= 0.3 is 0 Å². The Labute approximate surface area is 191 Å². The summed E-state index contributed by atoms with van der Waals surface area (Å²) >= 11 is 0. The van der Waals surface area contributed by atoms with E-state index < -0.39 is 0 Å². The number of anilines is 1. The Morgan fingerprint density at radius 2 is 1.61 bits per heavy atom. The minimum Gasteiger partial charge on any atom is -0.484 e. The Morgan fingerprint density at radius 3 is 2.24 bits per heavy atom. The van der Waals surface area contributed by atoms with E-state index in [0.29, 0.717) is 42.3 Å². The van der Waals surface area contributed by atoms with Gasteiger partial charge in [-0.2, -0.15) is 0 Å². The van der Waals surface area contributed by atoms with E-state index in [0.717, 1.165) is 12.8 Å². The van der Waals surface area contributed by atoms with Crippen LogP contribution in [-0.4, -0.2) is 55.9 Å². The molecule has 174 valence electrons. The van der Waals surface area contributed by atoms with Crippen LogP contribution in [0.2, 0.25) is 0 Å². The number of rotatable bonds is 10. The maximum atomic E-state index is 12.2. The van der Waals surface area contributed by atoms with E-state index in [1.54, 1.807) is 48.5 Å². The van der Waals surface area contributed by atoms with Gasteiger partial charge in [0.25, 0.3) is 11.8 Å². The molecule has 1 fully saturated rings. The molecule has 33 heavy (non-hydrogen) atoms. The first kappa shape index (κ1) is 23.9. The summed E-state index contributed by atoms with van der Waals surface area (Å²) in [6.07, 6.45) is 1.22. The number of Topliss-reactive ketones (excluding diaryl/α,β-unsaturated/α-hetero) is 1. The monoisotopic (exact) mass is 453 g/mol. The fourth-order valence-corrected chi connectivity index (χ4v) is 3.20. The minimum absolute atomic E-state index is 0.0439. The topological polar surface area (TPSA) is 123 Å². The molecule has 3 amide bonds. The molecule has 1 atom stereocenters. The van der Waals surface area contributed by atoms with E-state index in [2.05, 4.69) is 16.0 Å². The van der Waals surface area contributed by atoms with Crippen LogP contribution in [0.15, 0.2) is 48.5 Å². The summed E-state index contributed by atoms with van der Waals surface area (Å²) in [5.74, 6) is -0.355. The van der Waals surface area contributed by atoms with E-state index in [1.807, 2.05) is 0 Å².